The van der Waals surface area contributed by atoms with E-state index < -0.39 is 0 Å². The molecule has 0 atom stereocenters. The lowest BCUT2D eigenvalue weighted by atomic mass is 10.1. The quantitative estimate of drug-likeness (QED) is 0.554. The van der Waals surface area contributed by atoms with E-state index in [-0.39, 0.29) is 5.78 Å². The van der Waals surface area contributed by atoms with Crippen molar-refractivity contribution in [3.63, 3.8) is 0 Å². The molecular formula is C20H19NO. The number of nitriles is 1. The molecule has 0 heterocycles. The van der Waals surface area contributed by atoms with Gasteiger partial charge in [-0.05, 0) is 48.6 Å². The molecule has 110 valence electrons. The summed E-state index contributed by atoms with van der Waals surface area (Å²) in [5.74, 6) is 0.150. The molecule has 0 aliphatic carbocycles. The summed E-state index contributed by atoms with van der Waals surface area (Å²) in [6, 6.07) is 19.6. The van der Waals surface area contributed by atoms with Crippen LogP contribution in [-0.2, 0) is 11.2 Å². The molecule has 0 saturated heterocycles. The van der Waals surface area contributed by atoms with Gasteiger partial charge in [-0.25, -0.2) is 0 Å². The van der Waals surface area contributed by atoms with Gasteiger partial charge in [-0.2, -0.15) is 5.26 Å². The fourth-order valence-corrected chi connectivity index (χ4v) is 2.21. The molecule has 0 saturated carbocycles. The van der Waals surface area contributed by atoms with Gasteiger partial charge >= 0.3 is 0 Å². The van der Waals surface area contributed by atoms with E-state index in [1.807, 2.05) is 30.3 Å². The Hall–Kier alpha value is -2.66. The van der Waals surface area contributed by atoms with Gasteiger partial charge in [0.1, 0.15) is 0 Å². The molecule has 22 heavy (non-hydrogen) atoms. The van der Waals surface area contributed by atoms with Crippen molar-refractivity contribution in [1.29, 1.82) is 5.26 Å². The zero-order valence-corrected chi connectivity index (χ0v) is 12.5. The zero-order valence-electron chi connectivity index (χ0n) is 12.5. The summed E-state index contributed by atoms with van der Waals surface area (Å²) in [6.07, 6.45) is 6.98. The molecule has 0 aliphatic rings. The molecule has 0 bridgehead atoms. The Morgan fingerprint density at radius 1 is 1.00 bits per heavy atom. The first kappa shape index (κ1) is 15.7. The Kier molecular flexibility index (Phi) is 6.14. The predicted molar refractivity (Wildman–Crippen MR) is 89.2 cm³/mol. The maximum absolute atomic E-state index is 11.8. The van der Waals surface area contributed by atoms with Crippen LogP contribution in [0, 0.1) is 11.3 Å². The number of rotatable bonds is 7. The lowest BCUT2D eigenvalue weighted by Gasteiger charge is -2.00. The van der Waals surface area contributed by atoms with E-state index >= 15 is 0 Å². The van der Waals surface area contributed by atoms with Crippen LogP contribution in [0.25, 0.3) is 6.08 Å². The van der Waals surface area contributed by atoms with Crippen molar-refractivity contribution >= 4 is 11.9 Å². The molecule has 0 aromatic heterocycles. The van der Waals surface area contributed by atoms with Crippen molar-refractivity contribution in [3.05, 3.63) is 77.4 Å². The number of carbonyl (C=O) groups is 1. The molecule has 0 amide bonds. The van der Waals surface area contributed by atoms with Crippen LogP contribution in [0.5, 0.6) is 0 Å². The topological polar surface area (TPSA) is 40.9 Å². The molecule has 0 spiro atoms. The molecule has 2 aromatic carbocycles. The summed E-state index contributed by atoms with van der Waals surface area (Å²) in [6.45, 7) is 0. The van der Waals surface area contributed by atoms with Crippen molar-refractivity contribution < 1.29 is 4.79 Å². The Bertz CT molecular complexity index is 663. The number of nitrogens with zero attached hydrogens (tertiary/aromatic N) is 1. The SMILES string of the molecule is N#Cc1ccc(/C=C/C(=O)CCCCc2ccccc2)cc1. The highest BCUT2D eigenvalue weighted by Crippen LogP contribution is 2.08. The van der Waals surface area contributed by atoms with Gasteiger partial charge in [-0.15, -0.1) is 0 Å². The van der Waals surface area contributed by atoms with Crippen LogP contribution in [0.2, 0.25) is 0 Å². The normalized spacial score (nSPS) is 10.5. The number of ketones is 1. The standard InChI is InChI=1S/C20H19NO/c21-16-19-12-10-18(11-13-19)14-15-20(22)9-5-4-8-17-6-2-1-3-7-17/h1-3,6-7,10-15H,4-5,8-9H2/b15-14+. The molecular weight excluding hydrogens is 270 g/mol. The molecule has 0 fully saturated rings. The third kappa shape index (κ3) is 5.38. The average molecular weight is 289 g/mol. The van der Waals surface area contributed by atoms with Gasteiger partial charge in [0.2, 0.25) is 0 Å². The van der Waals surface area contributed by atoms with E-state index in [1.54, 1.807) is 24.3 Å². The number of hydrogen-bond donors (Lipinski definition) is 0. The van der Waals surface area contributed by atoms with Crippen molar-refractivity contribution in [1.82, 2.24) is 0 Å². The first-order valence-electron chi connectivity index (χ1n) is 7.53. The van der Waals surface area contributed by atoms with Gasteiger partial charge in [0, 0.05) is 6.42 Å². The molecule has 2 nitrogen and oxygen atoms in total. The van der Waals surface area contributed by atoms with Gasteiger partial charge in [-0.1, -0.05) is 48.5 Å². The minimum absolute atomic E-state index is 0.150. The van der Waals surface area contributed by atoms with Gasteiger partial charge in [0.25, 0.3) is 0 Å². The number of unbranched alkanes of at least 4 members (excludes halogenated alkanes) is 1. The van der Waals surface area contributed by atoms with Crippen molar-refractivity contribution in [2.45, 2.75) is 25.7 Å². The molecule has 2 heteroatoms. The van der Waals surface area contributed by atoms with E-state index in [2.05, 4.69) is 18.2 Å². The predicted octanol–water partition coefficient (Wildman–Crippen LogP) is 4.55. The molecule has 0 unspecified atom stereocenters. The Labute approximate surface area is 131 Å². The monoisotopic (exact) mass is 289 g/mol. The van der Waals surface area contributed by atoms with Crippen LogP contribution in [-0.4, -0.2) is 5.78 Å². The minimum Gasteiger partial charge on any atom is -0.295 e. The van der Waals surface area contributed by atoms with Gasteiger partial charge in [-0.3, -0.25) is 4.79 Å². The second-order valence-electron chi connectivity index (χ2n) is 5.23. The Morgan fingerprint density at radius 3 is 2.41 bits per heavy atom. The van der Waals surface area contributed by atoms with E-state index in [0.717, 1.165) is 24.8 Å². The van der Waals surface area contributed by atoms with Crippen LogP contribution < -0.4 is 0 Å². The van der Waals surface area contributed by atoms with E-state index in [4.69, 9.17) is 5.26 Å². The molecule has 2 rings (SSSR count). The highest BCUT2D eigenvalue weighted by Gasteiger charge is 1.98. The highest BCUT2D eigenvalue weighted by molar-refractivity contribution is 5.93. The lowest BCUT2D eigenvalue weighted by Crippen LogP contribution is -1.93. The molecule has 2 aromatic rings. The van der Waals surface area contributed by atoms with Crippen molar-refractivity contribution in [2.24, 2.45) is 0 Å². The zero-order chi connectivity index (χ0) is 15.6. The fourth-order valence-electron chi connectivity index (χ4n) is 2.21. The van der Waals surface area contributed by atoms with Crippen LogP contribution >= 0.6 is 0 Å². The summed E-state index contributed by atoms with van der Waals surface area (Å²) >= 11 is 0. The number of benzene rings is 2. The minimum atomic E-state index is 0.150. The summed E-state index contributed by atoms with van der Waals surface area (Å²) in [4.78, 5) is 11.8. The van der Waals surface area contributed by atoms with Crippen molar-refractivity contribution in [2.75, 3.05) is 0 Å². The first-order valence-corrected chi connectivity index (χ1v) is 7.53. The third-order valence-electron chi connectivity index (χ3n) is 3.48. The lowest BCUT2D eigenvalue weighted by molar-refractivity contribution is -0.114. The largest absolute Gasteiger partial charge is 0.295 e. The van der Waals surface area contributed by atoms with E-state index in [0.29, 0.717) is 12.0 Å². The third-order valence-corrected chi connectivity index (χ3v) is 3.48. The van der Waals surface area contributed by atoms with Crippen LogP contribution in [0.1, 0.15) is 36.0 Å². The van der Waals surface area contributed by atoms with Crippen molar-refractivity contribution in [3.8, 4) is 6.07 Å². The highest BCUT2D eigenvalue weighted by atomic mass is 16.1. The van der Waals surface area contributed by atoms with Gasteiger partial charge < -0.3 is 0 Å². The molecule has 0 radical (unpaired) electrons. The first-order chi connectivity index (χ1) is 10.8. The van der Waals surface area contributed by atoms with E-state index in [1.165, 1.54) is 5.56 Å². The summed E-state index contributed by atoms with van der Waals surface area (Å²) in [7, 11) is 0. The number of carbonyl (C=O) groups excluding carboxylic acids is 1. The second kappa shape index (κ2) is 8.59. The Balaban J connectivity index is 1.71. The van der Waals surface area contributed by atoms with Crippen LogP contribution in [0.4, 0.5) is 0 Å². The second-order valence-corrected chi connectivity index (χ2v) is 5.23. The molecule has 0 aliphatic heterocycles. The van der Waals surface area contributed by atoms with Crippen LogP contribution in [0.3, 0.4) is 0 Å². The average Bonchev–Trinajstić information content (AvgIpc) is 2.58. The maximum Gasteiger partial charge on any atom is 0.155 e. The van der Waals surface area contributed by atoms with Gasteiger partial charge in [0.15, 0.2) is 5.78 Å². The smallest absolute Gasteiger partial charge is 0.155 e. The summed E-state index contributed by atoms with van der Waals surface area (Å²) in [5, 5.41) is 8.73. The fraction of sp³-hybridized carbons (Fsp3) is 0.200. The summed E-state index contributed by atoms with van der Waals surface area (Å²) < 4.78 is 0. The van der Waals surface area contributed by atoms with Gasteiger partial charge in [0.05, 0.1) is 11.6 Å². The maximum atomic E-state index is 11.8. The summed E-state index contributed by atoms with van der Waals surface area (Å²) in [5.41, 5.74) is 2.89. The van der Waals surface area contributed by atoms with E-state index in [9.17, 15) is 4.79 Å². The Morgan fingerprint density at radius 2 is 1.73 bits per heavy atom. The molecule has 0 N–H and O–H groups in total. The number of hydrogen-bond acceptors (Lipinski definition) is 2. The number of aryl methyl sites for hydroxylation is 1. The van der Waals surface area contributed by atoms with Crippen LogP contribution in [0.15, 0.2) is 60.7 Å². The number of allylic oxidation sites excluding steroid dienone is 1.